The van der Waals surface area contributed by atoms with E-state index in [9.17, 15) is 69.0 Å². The molecule has 0 atom stereocenters. The molecule has 0 aliphatic heterocycles. The van der Waals surface area contributed by atoms with Gasteiger partial charge in [-0.15, -0.1) is 0 Å². The topological polar surface area (TPSA) is 282 Å². The van der Waals surface area contributed by atoms with Gasteiger partial charge in [0, 0.05) is 62.4 Å². The van der Waals surface area contributed by atoms with Crippen molar-refractivity contribution in [2.75, 3.05) is 0 Å². The number of carboxylic acids is 6. The Hall–Kier alpha value is -4.24. The standard InChI is InChI=1S/C30H48N2O14/c1-2-3-20(4-6-21(33)31-29(14-8-23(35)36,15-9-24(37)38)16-10-25(39)40)5-7-22(34)32-30(17-11-26(41)42,18-12-27(43)44)19-13-28(45)46/h20H,2-19H2,1H3,(H,31,33)(H,32,34)(H,35,36)(H,37,38)(H,39,40)(H,41,42)(H,43,44)(H,45,46). The molecule has 262 valence electrons. The molecule has 16 nitrogen and oxygen atoms in total. The Morgan fingerprint density at radius 1 is 0.435 bits per heavy atom. The molecule has 0 bridgehead atoms. The second-order valence-corrected chi connectivity index (χ2v) is 11.8. The first-order valence-electron chi connectivity index (χ1n) is 15.4. The SMILES string of the molecule is CCCC(CCC(=O)NC(CCC(=O)O)(CCC(=O)O)CCC(=O)O)CCC(=O)NC(CCC(=O)O)(CCC(=O)O)CCC(=O)O. The third kappa shape index (κ3) is 19.9. The Morgan fingerprint density at radius 3 is 0.870 bits per heavy atom. The summed E-state index contributed by atoms with van der Waals surface area (Å²) in [4.78, 5) is 93.6. The van der Waals surface area contributed by atoms with Crippen molar-refractivity contribution in [2.24, 2.45) is 5.92 Å². The van der Waals surface area contributed by atoms with E-state index in [1.165, 1.54) is 0 Å². The van der Waals surface area contributed by atoms with Gasteiger partial charge in [-0.3, -0.25) is 38.4 Å². The molecule has 0 spiro atoms. The first-order chi connectivity index (χ1) is 21.4. The molecule has 0 rings (SSSR count). The summed E-state index contributed by atoms with van der Waals surface area (Å²) in [5, 5.41) is 60.5. The monoisotopic (exact) mass is 660 g/mol. The third-order valence-electron chi connectivity index (χ3n) is 7.97. The van der Waals surface area contributed by atoms with Gasteiger partial charge >= 0.3 is 35.8 Å². The van der Waals surface area contributed by atoms with Crippen molar-refractivity contribution >= 4 is 47.6 Å². The summed E-state index contributed by atoms with van der Waals surface area (Å²) in [5.41, 5.74) is -2.73. The second-order valence-electron chi connectivity index (χ2n) is 11.8. The van der Waals surface area contributed by atoms with Crippen LogP contribution in [0.25, 0.3) is 0 Å². The van der Waals surface area contributed by atoms with Crippen LogP contribution in [0.5, 0.6) is 0 Å². The van der Waals surface area contributed by atoms with E-state index in [1.54, 1.807) is 0 Å². The van der Waals surface area contributed by atoms with E-state index in [1.807, 2.05) is 6.92 Å². The van der Waals surface area contributed by atoms with E-state index in [2.05, 4.69) is 10.6 Å². The van der Waals surface area contributed by atoms with Gasteiger partial charge in [0.05, 0.1) is 0 Å². The lowest BCUT2D eigenvalue weighted by atomic mass is 9.83. The highest BCUT2D eigenvalue weighted by atomic mass is 16.4. The van der Waals surface area contributed by atoms with Gasteiger partial charge in [0.1, 0.15) is 0 Å². The van der Waals surface area contributed by atoms with Crippen LogP contribution in [0.1, 0.15) is 122 Å². The molecule has 0 radical (unpaired) electrons. The molecular weight excluding hydrogens is 612 g/mol. The molecule has 16 heteroatoms. The number of carbonyl (C=O) groups is 8. The van der Waals surface area contributed by atoms with Gasteiger partial charge in [0.15, 0.2) is 0 Å². The summed E-state index contributed by atoms with van der Waals surface area (Å²) in [6, 6.07) is 0. The van der Waals surface area contributed by atoms with Gasteiger partial charge in [-0.1, -0.05) is 19.8 Å². The molecule has 2 amide bonds. The van der Waals surface area contributed by atoms with Crippen LogP contribution in [0, 0.1) is 5.92 Å². The van der Waals surface area contributed by atoms with Crippen LogP contribution in [0.2, 0.25) is 0 Å². The van der Waals surface area contributed by atoms with Crippen LogP contribution >= 0.6 is 0 Å². The lowest BCUT2D eigenvalue weighted by molar-refractivity contribution is -0.141. The molecule has 46 heavy (non-hydrogen) atoms. The first kappa shape index (κ1) is 41.8. The highest BCUT2D eigenvalue weighted by Crippen LogP contribution is 2.29. The average molecular weight is 661 g/mol. The maximum atomic E-state index is 13.0. The van der Waals surface area contributed by atoms with Crippen molar-refractivity contribution in [1.29, 1.82) is 0 Å². The van der Waals surface area contributed by atoms with E-state index in [4.69, 9.17) is 0 Å². The Kier molecular flexibility index (Phi) is 19.5. The van der Waals surface area contributed by atoms with Gasteiger partial charge in [-0.2, -0.15) is 0 Å². The number of rotatable bonds is 28. The van der Waals surface area contributed by atoms with Gasteiger partial charge in [0.25, 0.3) is 0 Å². The molecule has 0 saturated heterocycles. The Bertz CT molecular complexity index is 903. The Balaban J connectivity index is 5.65. The average Bonchev–Trinajstić information content (AvgIpc) is 2.95. The minimum absolute atomic E-state index is 0.0684. The van der Waals surface area contributed by atoms with Crippen molar-refractivity contribution in [3.8, 4) is 0 Å². The van der Waals surface area contributed by atoms with E-state index in [-0.39, 0.29) is 57.3 Å². The fourth-order valence-electron chi connectivity index (χ4n) is 5.43. The summed E-state index contributed by atoms with van der Waals surface area (Å²) in [6.07, 6.45) is -1.73. The van der Waals surface area contributed by atoms with E-state index in [0.717, 1.165) is 0 Å². The third-order valence-corrected chi connectivity index (χ3v) is 7.97. The van der Waals surface area contributed by atoms with Crippen molar-refractivity contribution in [3.05, 3.63) is 0 Å². The van der Waals surface area contributed by atoms with Gasteiger partial charge in [-0.05, 0) is 57.3 Å². The summed E-state index contributed by atoms with van der Waals surface area (Å²) in [7, 11) is 0. The highest BCUT2D eigenvalue weighted by Gasteiger charge is 2.35. The minimum atomic E-state index is -1.36. The number of nitrogens with one attached hydrogen (secondary N) is 2. The molecule has 0 aromatic heterocycles. The van der Waals surface area contributed by atoms with Crippen molar-refractivity contribution < 1.29 is 69.0 Å². The van der Waals surface area contributed by atoms with Crippen LogP contribution in [0.3, 0.4) is 0 Å². The van der Waals surface area contributed by atoms with E-state index < -0.39 is 97.2 Å². The predicted octanol–water partition coefficient (Wildman–Crippen LogP) is 2.86. The second kappa shape index (κ2) is 21.5. The smallest absolute Gasteiger partial charge is 0.303 e. The molecule has 0 aliphatic carbocycles. The van der Waals surface area contributed by atoms with Crippen LogP contribution in [0.15, 0.2) is 0 Å². The number of carbonyl (C=O) groups excluding carboxylic acids is 2. The van der Waals surface area contributed by atoms with Crippen LogP contribution in [-0.4, -0.2) is 89.3 Å². The molecule has 0 aromatic rings. The molecule has 0 aromatic carbocycles. The zero-order valence-electron chi connectivity index (χ0n) is 26.3. The first-order valence-corrected chi connectivity index (χ1v) is 15.4. The van der Waals surface area contributed by atoms with E-state index >= 15 is 0 Å². The van der Waals surface area contributed by atoms with Crippen molar-refractivity contribution in [1.82, 2.24) is 10.6 Å². The zero-order chi connectivity index (χ0) is 35.3. The summed E-state index contributed by atoms with van der Waals surface area (Å²) < 4.78 is 0. The summed E-state index contributed by atoms with van der Waals surface area (Å²) in [5.74, 6) is -8.35. The Labute approximate surface area is 266 Å². The summed E-state index contributed by atoms with van der Waals surface area (Å²) >= 11 is 0. The molecular formula is C30H48N2O14. The van der Waals surface area contributed by atoms with Gasteiger partial charge < -0.3 is 41.3 Å². The van der Waals surface area contributed by atoms with E-state index in [0.29, 0.717) is 25.7 Å². The molecule has 0 fully saturated rings. The maximum Gasteiger partial charge on any atom is 0.303 e. The quantitative estimate of drug-likeness (QED) is 0.0599. The number of amides is 2. The maximum absolute atomic E-state index is 13.0. The normalized spacial score (nSPS) is 11.5. The number of carboxylic acid groups (broad SMARTS) is 6. The van der Waals surface area contributed by atoms with Crippen LogP contribution in [-0.2, 0) is 38.4 Å². The number of hydrogen-bond acceptors (Lipinski definition) is 8. The highest BCUT2D eigenvalue weighted by molar-refractivity contribution is 5.78. The molecule has 0 heterocycles. The largest absolute Gasteiger partial charge is 0.481 e. The lowest BCUT2D eigenvalue weighted by Gasteiger charge is -2.35. The number of aliphatic carboxylic acids is 6. The molecule has 8 N–H and O–H groups in total. The van der Waals surface area contributed by atoms with Crippen LogP contribution < -0.4 is 10.6 Å². The van der Waals surface area contributed by atoms with Crippen molar-refractivity contribution in [2.45, 2.75) is 134 Å². The van der Waals surface area contributed by atoms with Crippen molar-refractivity contribution in [3.63, 3.8) is 0 Å². The lowest BCUT2D eigenvalue weighted by Crippen LogP contribution is -2.49. The Morgan fingerprint density at radius 2 is 0.674 bits per heavy atom. The fourth-order valence-corrected chi connectivity index (χ4v) is 5.43. The summed E-state index contributed by atoms with van der Waals surface area (Å²) in [6.45, 7) is 1.90. The van der Waals surface area contributed by atoms with Gasteiger partial charge in [-0.25, -0.2) is 0 Å². The minimum Gasteiger partial charge on any atom is -0.481 e. The fraction of sp³-hybridized carbons (Fsp3) is 0.733. The van der Waals surface area contributed by atoms with Crippen LogP contribution in [0.4, 0.5) is 0 Å². The zero-order valence-corrected chi connectivity index (χ0v) is 26.3. The molecule has 0 unspecified atom stereocenters. The van der Waals surface area contributed by atoms with Gasteiger partial charge in [0.2, 0.25) is 11.8 Å². The molecule has 0 aliphatic rings. The predicted molar refractivity (Wildman–Crippen MR) is 160 cm³/mol. The molecule has 0 saturated carbocycles. The number of hydrogen-bond donors (Lipinski definition) is 8.